The van der Waals surface area contributed by atoms with Gasteiger partial charge in [0.15, 0.2) is 0 Å². The van der Waals surface area contributed by atoms with E-state index in [1.54, 1.807) is 13.8 Å². The molecular weight excluding hydrogens is 360 g/mol. The van der Waals surface area contributed by atoms with E-state index in [1.165, 1.54) is 0 Å². The number of anilines is 1. The highest BCUT2D eigenvalue weighted by Crippen LogP contribution is 2.36. The number of carbonyl (C=O) groups excluding carboxylic acids is 3. The van der Waals surface area contributed by atoms with Crippen LogP contribution in [0.4, 0.5) is 5.00 Å². The normalized spacial score (nSPS) is 19.6. The lowest BCUT2D eigenvalue weighted by molar-refractivity contribution is -0.147. The van der Waals surface area contributed by atoms with Crippen LogP contribution in [0.2, 0.25) is 0 Å². The van der Waals surface area contributed by atoms with Gasteiger partial charge in [-0.3, -0.25) is 14.4 Å². The quantitative estimate of drug-likeness (QED) is 0.645. The maximum atomic E-state index is 12.6. The van der Waals surface area contributed by atoms with Crippen LogP contribution in [0.15, 0.2) is 0 Å². The summed E-state index contributed by atoms with van der Waals surface area (Å²) in [6.07, 6.45) is 2.43. The van der Waals surface area contributed by atoms with Crippen LogP contribution < -0.4 is 11.1 Å². The number of nitrogens with two attached hydrogens (primary N) is 1. The number of amides is 2. The third kappa shape index (κ3) is 4.04. The number of aliphatic carboxylic acids is 1. The molecule has 0 aliphatic heterocycles. The molecule has 0 radical (unpaired) electrons. The second-order valence-electron chi connectivity index (χ2n) is 6.17. The molecule has 0 bridgehead atoms. The Hall–Kier alpha value is -2.42. The van der Waals surface area contributed by atoms with Gasteiger partial charge in [-0.2, -0.15) is 0 Å². The highest BCUT2D eigenvalue weighted by Gasteiger charge is 2.36. The average Bonchev–Trinajstić information content (AvgIpc) is 2.91. The molecule has 0 saturated heterocycles. The van der Waals surface area contributed by atoms with E-state index in [-0.39, 0.29) is 22.0 Å². The number of hydrogen-bond acceptors (Lipinski definition) is 6. The summed E-state index contributed by atoms with van der Waals surface area (Å²) in [5, 5.41) is 12.1. The molecule has 2 rings (SSSR count). The number of ether oxygens (including phenoxy) is 1. The van der Waals surface area contributed by atoms with Crippen molar-refractivity contribution in [1.29, 1.82) is 0 Å². The molecule has 1 aliphatic rings. The lowest BCUT2D eigenvalue weighted by Crippen LogP contribution is -2.36. The lowest BCUT2D eigenvalue weighted by atomic mass is 9.79. The molecule has 9 heteroatoms. The summed E-state index contributed by atoms with van der Waals surface area (Å²) in [6, 6.07) is 0. The fourth-order valence-electron chi connectivity index (χ4n) is 3.23. The van der Waals surface area contributed by atoms with Crippen molar-refractivity contribution in [2.75, 3.05) is 11.9 Å². The largest absolute Gasteiger partial charge is 0.481 e. The van der Waals surface area contributed by atoms with Crippen LogP contribution in [0.5, 0.6) is 0 Å². The van der Waals surface area contributed by atoms with Crippen LogP contribution in [0, 0.1) is 18.8 Å². The van der Waals surface area contributed by atoms with Gasteiger partial charge in [-0.15, -0.1) is 11.3 Å². The first-order valence-corrected chi connectivity index (χ1v) is 9.23. The smallest absolute Gasteiger partial charge is 0.348 e. The second kappa shape index (κ2) is 8.31. The second-order valence-corrected chi connectivity index (χ2v) is 7.19. The van der Waals surface area contributed by atoms with E-state index >= 15 is 0 Å². The summed E-state index contributed by atoms with van der Waals surface area (Å²) in [6.45, 7) is 3.39. The van der Waals surface area contributed by atoms with E-state index in [0.29, 0.717) is 18.4 Å². The van der Waals surface area contributed by atoms with Gasteiger partial charge in [-0.25, -0.2) is 4.79 Å². The van der Waals surface area contributed by atoms with Crippen molar-refractivity contribution in [1.82, 2.24) is 0 Å². The maximum absolute atomic E-state index is 12.6. The first-order chi connectivity index (χ1) is 12.3. The fraction of sp³-hybridized carbons (Fsp3) is 0.529. The summed E-state index contributed by atoms with van der Waals surface area (Å²) >= 11 is 0.910. The third-order valence-electron chi connectivity index (χ3n) is 4.51. The number of carbonyl (C=O) groups is 4. The van der Waals surface area contributed by atoms with Crippen molar-refractivity contribution < 1.29 is 29.0 Å². The molecule has 142 valence electrons. The van der Waals surface area contributed by atoms with Gasteiger partial charge in [0, 0.05) is 0 Å². The van der Waals surface area contributed by atoms with Crippen LogP contribution in [-0.4, -0.2) is 35.5 Å². The average molecular weight is 382 g/mol. The van der Waals surface area contributed by atoms with Gasteiger partial charge in [0.2, 0.25) is 5.91 Å². The third-order valence-corrected chi connectivity index (χ3v) is 5.70. The zero-order valence-corrected chi connectivity index (χ0v) is 15.5. The van der Waals surface area contributed by atoms with E-state index in [1.807, 2.05) is 0 Å². The van der Waals surface area contributed by atoms with Gasteiger partial charge in [0.1, 0.15) is 9.88 Å². The summed E-state index contributed by atoms with van der Waals surface area (Å²) in [5.74, 6) is -4.30. The fourth-order valence-corrected chi connectivity index (χ4v) is 4.34. The molecular formula is C17H22N2O6S. The van der Waals surface area contributed by atoms with Crippen LogP contribution in [0.1, 0.15) is 58.2 Å². The summed E-state index contributed by atoms with van der Waals surface area (Å²) in [7, 11) is 0. The monoisotopic (exact) mass is 382 g/mol. The lowest BCUT2D eigenvalue weighted by Gasteiger charge is -2.27. The molecule has 0 aromatic carbocycles. The Morgan fingerprint density at radius 2 is 1.85 bits per heavy atom. The Bertz CT molecular complexity index is 742. The number of esters is 1. The zero-order chi connectivity index (χ0) is 19.4. The number of nitrogens with one attached hydrogen (secondary N) is 1. The molecule has 0 spiro atoms. The van der Waals surface area contributed by atoms with Crippen molar-refractivity contribution in [3.8, 4) is 0 Å². The van der Waals surface area contributed by atoms with E-state index in [4.69, 9.17) is 10.5 Å². The number of carboxylic acids is 1. The van der Waals surface area contributed by atoms with Crippen LogP contribution in [-0.2, 0) is 14.3 Å². The van der Waals surface area contributed by atoms with Crippen molar-refractivity contribution in [3.05, 3.63) is 16.0 Å². The minimum atomic E-state index is -1.01. The van der Waals surface area contributed by atoms with Gasteiger partial charge < -0.3 is 20.9 Å². The SMILES string of the molecule is CCOC(=O)c1sc(NC(=O)[C@H]2CCCC[C@@H]2C(=O)O)c(C(N)=O)c1C. The highest BCUT2D eigenvalue weighted by molar-refractivity contribution is 7.18. The summed E-state index contributed by atoms with van der Waals surface area (Å²) in [5.41, 5.74) is 5.80. The molecule has 2 amide bonds. The van der Waals surface area contributed by atoms with Crippen molar-refractivity contribution in [2.24, 2.45) is 17.6 Å². The number of hydrogen-bond donors (Lipinski definition) is 3. The Morgan fingerprint density at radius 3 is 2.38 bits per heavy atom. The summed E-state index contributed by atoms with van der Waals surface area (Å²) in [4.78, 5) is 48.1. The Morgan fingerprint density at radius 1 is 1.23 bits per heavy atom. The molecule has 2 atom stereocenters. The van der Waals surface area contributed by atoms with E-state index in [0.717, 1.165) is 24.2 Å². The topological polar surface area (TPSA) is 136 Å². The number of rotatable bonds is 6. The molecule has 8 nitrogen and oxygen atoms in total. The molecule has 26 heavy (non-hydrogen) atoms. The predicted molar refractivity (Wildman–Crippen MR) is 95.2 cm³/mol. The minimum Gasteiger partial charge on any atom is -0.481 e. The Balaban J connectivity index is 2.31. The molecule has 1 aromatic rings. The number of carboxylic acid groups (broad SMARTS) is 1. The van der Waals surface area contributed by atoms with Gasteiger partial charge >= 0.3 is 11.9 Å². The molecule has 1 fully saturated rings. The standard InChI is InChI=1S/C17H22N2O6S/c1-3-25-17(24)12-8(2)11(13(18)20)15(26-12)19-14(21)9-6-4-5-7-10(9)16(22)23/h9-10H,3-7H2,1-2H3,(H2,18,20)(H,19,21)(H,22,23)/t9-,10-/m0/s1. The van der Waals surface area contributed by atoms with Gasteiger partial charge in [0.25, 0.3) is 5.91 Å². The zero-order valence-electron chi connectivity index (χ0n) is 14.7. The molecule has 0 unspecified atom stereocenters. The van der Waals surface area contributed by atoms with E-state index in [2.05, 4.69) is 5.32 Å². The Labute approximate surface area is 154 Å². The first-order valence-electron chi connectivity index (χ1n) is 8.41. The van der Waals surface area contributed by atoms with Crippen LogP contribution in [0.3, 0.4) is 0 Å². The van der Waals surface area contributed by atoms with Crippen LogP contribution in [0.25, 0.3) is 0 Å². The molecule has 1 aliphatic carbocycles. The molecule has 4 N–H and O–H groups in total. The predicted octanol–water partition coefficient (Wildman–Crippen LogP) is 2.16. The van der Waals surface area contributed by atoms with Crippen LogP contribution >= 0.6 is 11.3 Å². The van der Waals surface area contributed by atoms with Gasteiger partial charge in [-0.1, -0.05) is 12.8 Å². The molecule has 1 aromatic heterocycles. The van der Waals surface area contributed by atoms with Gasteiger partial charge in [0.05, 0.1) is 24.0 Å². The molecule has 1 saturated carbocycles. The molecule has 1 heterocycles. The summed E-state index contributed by atoms with van der Waals surface area (Å²) < 4.78 is 4.96. The Kier molecular flexibility index (Phi) is 6.36. The minimum absolute atomic E-state index is 0.0501. The van der Waals surface area contributed by atoms with Crippen molar-refractivity contribution in [2.45, 2.75) is 39.5 Å². The van der Waals surface area contributed by atoms with E-state index in [9.17, 15) is 24.3 Å². The van der Waals surface area contributed by atoms with E-state index < -0.39 is 35.6 Å². The highest BCUT2D eigenvalue weighted by atomic mass is 32.1. The maximum Gasteiger partial charge on any atom is 0.348 e. The van der Waals surface area contributed by atoms with Crippen molar-refractivity contribution >= 4 is 40.1 Å². The number of thiophene rings is 1. The van der Waals surface area contributed by atoms with Crippen molar-refractivity contribution in [3.63, 3.8) is 0 Å². The van der Waals surface area contributed by atoms with Gasteiger partial charge in [-0.05, 0) is 32.3 Å². The number of primary amides is 1. The first kappa shape index (κ1) is 19.9.